The summed E-state index contributed by atoms with van der Waals surface area (Å²) in [4.78, 5) is 11.4. The zero-order chi connectivity index (χ0) is 9.68. The predicted molar refractivity (Wildman–Crippen MR) is 51.0 cm³/mol. The molecule has 2 nitrogen and oxygen atoms in total. The fourth-order valence-electron chi connectivity index (χ4n) is 2.11. The zero-order valence-electron chi connectivity index (χ0n) is 8.25. The molecule has 1 saturated carbocycles. The largest absolute Gasteiger partial charge is 0.298 e. The molecular formula is C11H17NO. The second-order valence-corrected chi connectivity index (χ2v) is 3.93. The van der Waals surface area contributed by atoms with Crippen molar-refractivity contribution >= 4 is 5.78 Å². The second-order valence-electron chi connectivity index (χ2n) is 3.93. The number of hydrogen-bond donors (Lipinski definition) is 0. The van der Waals surface area contributed by atoms with Crippen LogP contribution in [0.1, 0.15) is 45.4 Å². The summed E-state index contributed by atoms with van der Waals surface area (Å²) in [7, 11) is 0. The highest BCUT2D eigenvalue weighted by atomic mass is 16.1. The molecule has 0 aliphatic heterocycles. The SMILES string of the molecule is CCC1CCC(C(=O)CC#N)CC1. The van der Waals surface area contributed by atoms with Gasteiger partial charge in [0.2, 0.25) is 0 Å². The minimum atomic E-state index is 0.113. The van der Waals surface area contributed by atoms with Gasteiger partial charge in [-0.3, -0.25) is 4.79 Å². The van der Waals surface area contributed by atoms with Gasteiger partial charge in [-0.05, 0) is 31.6 Å². The average Bonchev–Trinajstić information content (AvgIpc) is 2.18. The molecule has 1 aliphatic rings. The molecule has 0 amide bonds. The van der Waals surface area contributed by atoms with E-state index in [-0.39, 0.29) is 18.1 Å². The molecule has 72 valence electrons. The average molecular weight is 179 g/mol. The summed E-state index contributed by atoms with van der Waals surface area (Å²) in [6, 6.07) is 1.94. The van der Waals surface area contributed by atoms with E-state index in [0.717, 1.165) is 18.8 Å². The Labute approximate surface area is 79.9 Å². The molecule has 0 aromatic carbocycles. The molecule has 13 heavy (non-hydrogen) atoms. The van der Waals surface area contributed by atoms with Gasteiger partial charge in [-0.2, -0.15) is 5.26 Å². The van der Waals surface area contributed by atoms with Gasteiger partial charge in [0.1, 0.15) is 5.78 Å². The normalized spacial score (nSPS) is 28.0. The molecule has 0 N–H and O–H groups in total. The third-order valence-electron chi connectivity index (χ3n) is 3.13. The van der Waals surface area contributed by atoms with Gasteiger partial charge in [0.25, 0.3) is 0 Å². The van der Waals surface area contributed by atoms with Crippen LogP contribution in [0.15, 0.2) is 0 Å². The van der Waals surface area contributed by atoms with E-state index in [4.69, 9.17) is 5.26 Å². The van der Waals surface area contributed by atoms with Crippen LogP contribution in [0.3, 0.4) is 0 Å². The Bertz CT molecular complexity index is 209. The Morgan fingerprint density at radius 1 is 1.38 bits per heavy atom. The highest BCUT2D eigenvalue weighted by molar-refractivity contribution is 5.82. The first-order chi connectivity index (χ1) is 6.27. The molecule has 0 aromatic rings. The number of carbonyl (C=O) groups is 1. The maximum atomic E-state index is 11.4. The number of nitriles is 1. The second kappa shape index (κ2) is 5.01. The van der Waals surface area contributed by atoms with Crippen molar-refractivity contribution in [2.75, 3.05) is 0 Å². The van der Waals surface area contributed by atoms with Crippen molar-refractivity contribution < 1.29 is 4.79 Å². The van der Waals surface area contributed by atoms with Crippen LogP contribution in [0.2, 0.25) is 0 Å². The number of rotatable bonds is 3. The first-order valence-electron chi connectivity index (χ1n) is 5.17. The summed E-state index contributed by atoms with van der Waals surface area (Å²) >= 11 is 0. The van der Waals surface area contributed by atoms with E-state index in [0.29, 0.717) is 0 Å². The molecule has 0 aromatic heterocycles. The number of carbonyl (C=O) groups excluding carboxylic acids is 1. The fourth-order valence-corrected chi connectivity index (χ4v) is 2.11. The van der Waals surface area contributed by atoms with E-state index in [9.17, 15) is 4.79 Å². The minimum absolute atomic E-state index is 0.113. The zero-order valence-corrected chi connectivity index (χ0v) is 8.25. The van der Waals surface area contributed by atoms with Gasteiger partial charge in [0.05, 0.1) is 12.5 Å². The van der Waals surface area contributed by atoms with Crippen molar-refractivity contribution in [3.05, 3.63) is 0 Å². The lowest BCUT2D eigenvalue weighted by Crippen LogP contribution is -2.21. The molecule has 0 saturated heterocycles. The Morgan fingerprint density at radius 3 is 2.46 bits per heavy atom. The maximum Gasteiger partial charge on any atom is 0.149 e. The van der Waals surface area contributed by atoms with Crippen molar-refractivity contribution in [3.8, 4) is 6.07 Å². The number of hydrogen-bond acceptors (Lipinski definition) is 2. The Kier molecular flexibility index (Phi) is 3.95. The minimum Gasteiger partial charge on any atom is -0.298 e. The molecule has 0 radical (unpaired) electrons. The Morgan fingerprint density at radius 2 is 2.00 bits per heavy atom. The monoisotopic (exact) mass is 179 g/mol. The molecule has 0 bridgehead atoms. The number of ketones is 1. The molecular weight excluding hydrogens is 162 g/mol. The third-order valence-corrected chi connectivity index (χ3v) is 3.13. The van der Waals surface area contributed by atoms with Crippen LogP contribution in [0.4, 0.5) is 0 Å². The van der Waals surface area contributed by atoms with Gasteiger partial charge in [0, 0.05) is 5.92 Å². The topological polar surface area (TPSA) is 40.9 Å². The van der Waals surface area contributed by atoms with Crippen LogP contribution in [-0.4, -0.2) is 5.78 Å². The lowest BCUT2D eigenvalue weighted by Gasteiger charge is -2.26. The van der Waals surface area contributed by atoms with Crippen LogP contribution in [0.25, 0.3) is 0 Å². The third kappa shape index (κ3) is 2.84. The van der Waals surface area contributed by atoms with Gasteiger partial charge in [-0.1, -0.05) is 13.3 Å². The van der Waals surface area contributed by atoms with Crippen molar-refractivity contribution in [3.63, 3.8) is 0 Å². The van der Waals surface area contributed by atoms with Crippen molar-refractivity contribution in [1.29, 1.82) is 5.26 Å². The van der Waals surface area contributed by atoms with Crippen LogP contribution >= 0.6 is 0 Å². The summed E-state index contributed by atoms with van der Waals surface area (Å²) in [5, 5.41) is 8.39. The summed E-state index contributed by atoms with van der Waals surface area (Å²) in [6.45, 7) is 2.21. The van der Waals surface area contributed by atoms with Crippen molar-refractivity contribution in [1.82, 2.24) is 0 Å². The van der Waals surface area contributed by atoms with Gasteiger partial charge in [0.15, 0.2) is 0 Å². The molecule has 0 spiro atoms. The summed E-state index contributed by atoms with van der Waals surface area (Å²) in [5.41, 5.74) is 0. The first-order valence-corrected chi connectivity index (χ1v) is 5.17. The highest BCUT2D eigenvalue weighted by Gasteiger charge is 2.24. The van der Waals surface area contributed by atoms with Gasteiger partial charge < -0.3 is 0 Å². The molecule has 2 heteroatoms. The smallest absolute Gasteiger partial charge is 0.149 e. The molecule has 1 fully saturated rings. The summed E-state index contributed by atoms with van der Waals surface area (Å²) < 4.78 is 0. The first kappa shape index (κ1) is 10.2. The van der Waals surface area contributed by atoms with E-state index in [1.807, 2.05) is 6.07 Å². The van der Waals surface area contributed by atoms with E-state index < -0.39 is 0 Å². The van der Waals surface area contributed by atoms with Gasteiger partial charge in [-0.25, -0.2) is 0 Å². The van der Waals surface area contributed by atoms with E-state index in [1.54, 1.807) is 0 Å². The van der Waals surface area contributed by atoms with Crippen LogP contribution in [0.5, 0.6) is 0 Å². The molecule has 0 atom stereocenters. The highest BCUT2D eigenvalue weighted by Crippen LogP contribution is 2.31. The van der Waals surface area contributed by atoms with Crippen molar-refractivity contribution in [2.24, 2.45) is 11.8 Å². The van der Waals surface area contributed by atoms with E-state index in [2.05, 4.69) is 6.92 Å². The van der Waals surface area contributed by atoms with Crippen LogP contribution < -0.4 is 0 Å². The summed E-state index contributed by atoms with van der Waals surface area (Å²) in [6.07, 6.45) is 5.73. The van der Waals surface area contributed by atoms with E-state index >= 15 is 0 Å². The number of nitrogens with zero attached hydrogens (tertiary/aromatic N) is 1. The summed E-state index contributed by atoms with van der Waals surface area (Å²) in [5.74, 6) is 1.19. The van der Waals surface area contributed by atoms with Gasteiger partial charge >= 0.3 is 0 Å². The van der Waals surface area contributed by atoms with E-state index in [1.165, 1.54) is 19.3 Å². The predicted octanol–water partition coefficient (Wildman–Crippen LogP) is 2.69. The lowest BCUT2D eigenvalue weighted by molar-refractivity contribution is -0.123. The van der Waals surface area contributed by atoms with Crippen LogP contribution in [0, 0.1) is 23.2 Å². The van der Waals surface area contributed by atoms with Gasteiger partial charge in [-0.15, -0.1) is 0 Å². The van der Waals surface area contributed by atoms with Crippen molar-refractivity contribution in [2.45, 2.75) is 45.4 Å². The lowest BCUT2D eigenvalue weighted by atomic mass is 9.78. The molecule has 0 unspecified atom stereocenters. The maximum absolute atomic E-state index is 11.4. The standard InChI is InChI=1S/C11H17NO/c1-2-9-3-5-10(6-4-9)11(13)7-8-12/h9-10H,2-7H2,1H3. The number of Topliss-reactive ketones (excluding diaryl/α,β-unsaturated/α-hetero) is 1. The molecule has 0 heterocycles. The Hall–Kier alpha value is -0.840. The fraction of sp³-hybridized carbons (Fsp3) is 0.818. The molecule has 1 aliphatic carbocycles. The van der Waals surface area contributed by atoms with Crippen LogP contribution in [-0.2, 0) is 4.79 Å². The molecule has 1 rings (SSSR count). The quantitative estimate of drug-likeness (QED) is 0.668. The Balaban J connectivity index is 2.33.